The largest absolute Gasteiger partial charge is 0.393 e. The first-order chi connectivity index (χ1) is 9.56. The van der Waals surface area contributed by atoms with Crippen molar-refractivity contribution in [3.05, 3.63) is 42.5 Å². The van der Waals surface area contributed by atoms with Crippen LogP contribution in [0.1, 0.15) is 12.8 Å². The van der Waals surface area contributed by atoms with E-state index in [0.717, 1.165) is 10.8 Å². The van der Waals surface area contributed by atoms with Gasteiger partial charge in [0.2, 0.25) is 10.0 Å². The van der Waals surface area contributed by atoms with Gasteiger partial charge in [0.1, 0.15) is 0 Å². The molecule has 2 aromatic carbocycles. The maximum absolute atomic E-state index is 12.4. The Morgan fingerprint density at radius 1 is 1.10 bits per heavy atom. The van der Waals surface area contributed by atoms with Gasteiger partial charge in [-0.25, -0.2) is 13.1 Å². The second kappa shape index (κ2) is 5.16. The lowest BCUT2D eigenvalue weighted by Crippen LogP contribution is -2.38. The van der Waals surface area contributed by atoms with Crippen LogP contribution in [0.25, 0.3) is 10.8 Å². The number of aliphatic hydroxyl groups excluding tert-OH is 1. The standard InChI is InChI=1S/C15H17NO3S/c17-13-8-11(9-13)10-16-20(18,19)15-7-3-5-12-4-1-2-6-14(12)15/h1-7,11,13,16-17H,8-10H2. The summed E-state index contributed by atoms with van der Waals surface area (Å²) >= 11 is 0. The number of fused-ring (bicyclic) bond motifs is 1. The average molecular weight is 291 g/mol. The lowest BCUT2D eigenvalue weighted by atomic mass is 9.83. The highest BCUT2D eigenvalue weighted by Gasteiger charge is 2.28. The van der Waals surface area contributed by atoms with Crippen molar-refractivity contribution in [3.63, 3.8) is 0 Å². The van der Waals surface area contributed by atoms with E-state index in [4.69, 9.17) is 0 Å². The minimum Gasteiger partial charge on any atom is -0.393 e. The third-order valence-electron chi connectivity index (χ3n) is 3.81. The zero-order chi connectivity index (χ0) is 14.2. The van der Waals surface area contributed by atoms with Gasteiger partial charge in [-0.05, 0) is 30.2 Å². The Kier molecular flexibility index (Phi) is 3.50. The van der Waals surface area contributed by atoms with E-state index < -0.39 is 10.0 Å². The Balaban J connectivity index is 1.85. The molecule has 1 saturated carbocycles. The number of aliphatic hydroxyl groups is 1. The van der Waals surface area contributed by atoms with E-state index in [9.17, 15) is 13.5 Å². The molecular formula is C15H17NO3S. The number of nitrogens with one attached hydrogen (secondary N) is 1. The van der Waals surface area contributed by atoms with Crippen molar-refractivity contribution in [1.29, 1.82) is 0 Å². The van der Waals surface area contributed by atoms with E-state index >= 15 is 0 Å². The molecular weight excluding hydrogens is 274 g/mol. The van der Waals surface area contributed by atoms with Gasteiger partial charge >= 0.3 is 0 Å². The predicted octanol–water partition coefficient (Wildman–Crippen LogP) is 1.89. The molecule has 2 N–H and O–H groups in total. The van der Waals surface area contributed by atoms with E-state index in [1.165, 1.54) is 0 Å². The molecule has 5 heteroatoms. The Morgan fingerprint density at radius 3 is 2.55 bits per heavy atom. The summed E-state index contributed by atoms with van der Waals surface area (Å²) in [6.07, 6.45) is 1.10. The van der Waals surface area contributed by atoms with E-state index in [1.54, 1.807) is 12.1 Å². The third kappa shape index (κ3) is 2.57. The quantitative estimate of drug-likeness (QED) is 0.904. The highest BCUT2D eigenvalue weighted by Crippen LogP contribution is 2.27. The van der Waals surface area contributed by atoms with Crippen molar-refractivity contribution in [2.75, 3.05) is 6.54 Å². The third-order valence-corrected chi connectivity index (χ3v) is 5.29. The summed E-state index contributed by atoms with van der Waals surface area (Å²) in [6.45, 7) is 0.391. The summed E-state index contributed by atoms with van der Waals surface area (Å²) in [5.74, 6) is 0.245. The van der Waals surface area contributed by atoms with Crippen LogP contribution < -0.4 is 4.72 Å². The molecule has 0 aromatic heterocycles. The normalized spacial score (nSPS) is 22.6. The number of sulfonamides is 1. The first kappa shape index (κ1) is 13.5. The molecule has 1 fully saturated rings. The summed E-state index contributed by atoms with van der Waals surface area (Å²) in [5, 5.41) is 10.9. The van der Waals surface area contributed by atoms with Gasteiger partial charge in [0.05, 0.1) is 11.0 Å². The molecule has 0 aliphatic heterocycles. The lowest BCUT2D eigenvalue weighted by Gasteiger charge is -2.31. The molecule has 1 aliphatic carbocycles. The van der Waals surface area contributed by atoms with Crippen molar-refractivity contribution in [2.24, 2.45) is 5.92 Å². The van der Waals surface area contributed by atoms with Gasteiger partial charge in [0, 0.05) is 11.9 Å². The molecule has 0 bridgehead atoms. The smallest absolute Gasteiger partial charge is 0.241 e. The maximum atomic E-state index is 12.4. The number of hydrogen-bond donors (Lipinski definition) is 2. The van der Waals surface area contributed by atoms with Crippen molar-refractivity contribution >= 4 is 20.8 Å². The predicted molar refractivity (Wildman–Crippen MR) is 77.9 cm³/mol. The monoisotopic (exact) mass is 291 g/mol. The minimum atomic E-state index is -3.51. The van der Waals surface area contributed by atoms with Gasteiger partial charge in [-0.1, -0.05) is 36.4 Å². The van der Waals surface area contributed by atoms with Crippen molar-refractivity contribution in [1.82, 2.24) is 4.72 Å². The molecule has 20 heavy (non-hydrogen) atoms. The molecule has 0 atom stereocenters. The molecule has 0 radical (unpaired) electrons. The van der Waals surface area contributed by atoms with Crippen LogP contribution in [0.3, 0.4) is 0 Å². The van der Waals surface area contributed by atoms with Gasteiger partial charge in [-0.15, -0.1) is 0 Å². The summed E-state index contributed by atoms with van der Waals surface area (Å²) in [7, 11) is -3.51. The van der Waals surface area contributed by atoms with Crippen LogP contribution in [0.15, 0.2) is 47.4 Å². The zero-order valence-electron chi connectivity index (χ0n) is 11.0. The van der Waals surface area contributed by atoms with Crippen LogP contribution in [0.2, 0.25) is 0 Å². The molecule has 0 saturated heterocycles. The minimum absolute atomic E-state index is 0.245. The Morgan fingerprint density at radius 2 is 1.80 bits per heavy atom. The van der Waals surface area contributed by atoms with Crippen LogP contribution in [-0.4, -0.2) is 26.2 Å². The Labute approximate surface area is 118 Å². The first-order valence-corrected chi connectivity index (χ1v) is 8.20. The molecule has 106 valence electrons. The van der Waals surface area contributed by atoms with E-state index in [1.807, 2.05) is 30.3 Å². The van der Waals surface area contributed by atoms with E-state index in [-0.39, 0.29) is 12.0 Å². The maximum Gasteiger partial charge on any atom is 0.241 e. The zero-order valence-corrected chi connectivity index (χ0v) is 11.8. The molecule has 1 aliphatic rings. The SMILES string of the molecule is O=S(=O)(NCC1CC(O)C1)c1cccc2ccccc12. The molecule has 0 spiro atoms. The number of benzene rings is 2. The highest BCUT2D eigenvalue weighted by molar-refractivity contribution is 7.89. The van der Waals surface area contributed by atoms with Gasteiger partial charge in [-0.3, -0.25) is 0 Å². The van der Waals surface area contributed by atoms with Gasteiger partial charge in [0.25, 0.3) is 0 Å². The van der Waals surface area contributed by atoms with Crippen LogP contribution >= 0.6 is 0 Å². The summed E-state index contributed by atoms with van der Waals surface area (Å²) in [6, 6.07) is 12.7. The second-order valence-corrected chi connectivity index (χ2v) is 7.06. The lowest BCUT2D eigenvalue weighted by molar-refractivity contribution is 0.0453. The van der Waals surface area contributed by atoms with E-state index in [0.29, 0.717) is 24.3 Å². The van der Waals surface area contributed by atoms with Crippen molar-refractivity contribution in [2.45, 2.75) is 23.8 Å². The number of rotatable bonds is 4. The summed E-state index contributed by atoms with van der Waals surface area (Å²) in [4.78, 5) is 0.315. The second-order valence-electron chi connectivity index (χ2n) is 5.32. The molecule has 0 amide bonds. The van der Waals surface area contributed by atoms with Crippen LogP contribution in [0.4, 0.5) is 0 Å². The molecule has 0 unspecified atom stereocenters. The van der Waals surface area contributed by atoms with E-state index in [2.05, 4.69) is 4.72 Å². The average Bonchev–Trinajstić information content (AvgIpc) is 2.42. The van der Waals surface area contributed by atoms with Gasteiger partial charge in [-0.2, -0.15) is 0 Å². The van der Waals surface area contributed by atoms with Crippen molar-refractivity contribution in [3.8, 4) is 0 Å². The fraction of sp³-hybridized carbons (Fsp3) is 0.333. The fourth-order valence-corrected chi connectivity index (χ4v) is 3.95. The molecule has 4 nitrogen and oxygen atoms in total. The van der Waals surface area contributed by atoms with Crippen LogP contribution in [0, 0.1) is 5.92 Å². The topological polar surface area (TPSA) is 66.4 Å². The summed E-state index contributed by atoms with van der Waals surface area (Å²) < 4.78 is 27.4. The van der Waals surface area contributed by atoms with Gasteiger partial charge < -0.3 is 5.11 Å². The molecule has 0 heterocycles. The van der Waals surface area contributed by atoms with Crippen molar-refractivity contribution < 1.29 is 13.5 Å². The van der Waals surface area contributed by atoms with Crippen LogP contribution in [-0.2, 0) is 10.0 Å². The van der Waals surface area contributed by atoms with Gasteiger partial charge in [0.15, 0.2) is 0 Å². The molecule has 3 rings (SSSR count). The Bertz CT molecular complexity index is 715. The Hall–Kier alpha value is -1.43. The van der Waals surface area contributed by atoms with Crippen LogP contribution in [0.5, 0.6) is 0 Å². The summed E-state index contributed by atoms with van der Waals surface area (Å²) in [5.41, 5.74) is 0. The molecule has 2 aromatic rings. The highest BCUT2D eigenvalue weighted by atomic mass is 32.2. The number of hydrogen-bond acceptors (Lipinski definition) is 3. The first-order valence-electron chi connectivity index (χ1n) is 6.72. The fourth-order valence-electron chi connectivity index (χ4n) is 2.60.